The highest BCUT2D eigenvalue weighted by Gasteiger charge is 2.30. The molecule has 2 amide bonds. The van der Waals surface area contributed by atoms with Crippen molar-refractivity contribution in [1.82, 2.24) is 15.1 Å². The minimum absolute atomic E-state index is 0.118. The monoisotopic (exact) mass is 329 g/mol. The number of primary amides is 1. The first-order chi connectivity index (χ1) is 11.3. The zero-order valence-electron chi connectivity index (χ0n) is 14.1. The maximum Gasteiger partial charge on any atom is 0.272 e. The largest absolute Gasteiger partial charge is 0.364 e. The summed E-state index contributed by atoms with van der Waals surface area (Å²) in [6.07, 6.45) is 0. The van der Waals surface area contributed by atoms with Gasteiger partial charge in [-0.25, -0.2) is 4.68 Å². The summed E-state index contributed by atoms with van der Waals surface area (Å²) >= 11 is 0. The molecule has 0 radical (unpaired) electrons. The van der Waals surface area contributed by atoms with Gasteiger partial charge in [-0.3, -0.25) is 9.59 Å². The second-order valence-corrected chi connectivity index (χ2v) is 6.26. The molecular weight excluding hydrogens is 306 g/mol. The molecule has 1 aromatic carbocycles. The van der Waals surface area contributed by atoms with E-state index in [1.165, 1.54) is 10.7 Å². The minimum Gasteiger partial charge on any atom is -0.364 e. The normalized spacial score (nSPS) is 13.5. The lowest BCUT2D eigenvalue weighted by Gasteiger charge is -2.33. The summed E-state index contributed by atoms with van der Waals surface area (Å²) in [5.74, 6) is -0.914. The minimum atomic E-state index is -0.657. The number of benzene rings is 1. The topological polar surface area (TPSA) is 116 Å². The van der Waals surface area contributed by atoms with Crippen LogP contribution in [0.5, 0.6) is 0 Å². The maximum absolute atomic E-state index is 12.5. The van der Waals surface area contributed by atoms with Crippen molar-refractivity contribution in [3.8, 4) is 5.69 Å². The van der Waals surface area contributed by atoms with Crippen molar-refractivity contribution in [2.24, 2.45) is 17.4 Å². The molecule has 128 valence electrons. The quantitative estimate of drug-likeness (QED) is 0.735. The lowest BCUT2D eigenvalue weighted by Crippen LogP contribution is -2.55. The van der Waals surface area contributed by atoms with E-state index in [9.17, 15) is 9.59 Å². The zero-order valence-corrected chi connectivity index (χ0v) is 14.1. The van der Waals surface area contributed by atoms with Crippen LogP contribution in [-0.2, 0) is 0 Å². The van der Waals surface area contributed by atoms with Gasteiger partial charge < -0.3 is 16.8 Å². The maximum atomic E-state index is 12.5. The van der Waals surface area contributed by atoms with Gasteiger partial charge in [0.2, 0.25) is 0 Å². The van der Waals surface area contributed by atoms with E-state index in [2.05, 4.69) is 10.4 Å². The van der Waals surface area contributed by atoms with Crippen LogP contribution in [0.1, 0.15) is 41.7 Å². The number of carbonyl (C=O) groups excluding carboxylic acids is 2. The molecule has 0 saturated carbocycles. The summed E-state index contributed by atoms with van der Waals surface area (Å²) in [5, 5.41) is 7.14. The van der Waals surface area contributed by atoms with Gasteiger partial charge in [-0.05, 0) is 25.0 Å². The van der Waals surface area contributed by atoms with Gasteiger partial charge in [0.05, 0.1) is 11.2 Å². The molecule has 1 unspecified atom stereocenters. The number of nitrogens with two attached hydrogens (primary N) is 2. The SMILES string of the molecule is CC(C)C(C)(CN)NC(=O)c1cc(C(N)=O)n(-c2ccccc2)n1. The highest BCUT2D eigenvalue weighted by Crippen LogP contribution is 2.17. The molecule has 0 aliphatic rings. The molecule has 2 rings (SSSR count). The van der Waals surface area contributed by atoms with Crippen LogP contribution in [-0.4, -0.2) is 33.7 Å². The molecule has 0 aliphatic carbocycles. The Hall–Kier alpha value is -2.67. The lowest BCUT2D eigenvalue weighted by molar-refractivity contribution is 0.0877. The molecule has 0 fully saturated rings. The summed E-state index contributed by atoms with van der Waals surface area (Å²) < 4.78 is 1.37. The molecule has 0 spiro atoms. The second kappa shape index (κ2) is 6.84. The Morgan fingerprint density at radius 1 is 1.29 bits per heavy atom. The van der Waals surface area contributed by atoms with Crippen LogP contribution in [0.3, 0.4) is 0 Å². The number of para-hydroxylation sites is 1. The Labute approximate surface area is 141 Å². The van der Waals surface area contributed by atoms with Crippen molar-refractivity contribution in [1.29, 1.82) is 0 Å². The fourth-order valence-corrected chi connectivity index (χ4v) is 2.19. The van der Waals surface area contributed by atoms with Crippen molar-refractivity contribution in [2.75, 3.05) is 6.54 Å². The van der Waals surface area contributed by atoms with Crippen LogP contribution in [0.4, 0.5) is 0 Å². The Balaban J connectivity index is 2.39. The number of carbonyl (C=O) groups is 2. The summed E-state index contributed by atoms with van der Waals surface area (Å²) in [4.78, 5) is 24.2. The summed E-state index contributed by atoms with van der Waals surface area (Å²) in [6.45, 7) is 6.12. The Morgan fingerprint density at radius 2 is 1.92 bits per heavy atom. The Bertz CT molecular complexity index is 739. The third-order valence-electron chi connectivity index (χ3n) is 4.29. The van der Waals surface area contributed by atoms with E-state index in [1.807, 2.05) is 39.0 Å². The molecule has 0 bridgehead atoms. The molecule has 0 saturated heterocycles. The number of amides is 2. The fourth-order valence-electron chi connectivity index (χ4n) is 2.19. The van der Waals surface area contributed by atoms with Gasteiger partial charge in [0.15, 0.2) is 5.69 Å². The second-order valence-electron chi connectivity index (χ2n) is 6.26. The molecule has 5 N–H and O–H groups in total. The van der Waals surface area contributed by atoms with Crippen molar-refractivity contribution in [2.45, 2.75) is 26.3 Å². The summed E-state index contributed by atoms with van der Waals surface area (Å²) in [7, 11) is 0. The molecule has 2 aromatic rings. The molecular formula is C17H23N5O2. The van der Waals surface area contributed by atoms with Crippen molar-refractivity contribution >= 4 is 11.8 Å². The van der Waals surface area contributed by atoms with Crippen LogP contribution in [0.15, 0.2) is 36.4 Å². The first kappa shape index (κ1) is 17.7. The zero-order chi connectivity index (χ0) is 17.9. The van der Waals surface area contributed by atoms with Gasteiger partial charge in [-0.15, -0.1) is 0 Å². The van der Waals surface area contributed by atoms with Gasteiger partial charge >= 0.3 is 0 Å². The molecule has 7 heteroatoms. The lowest BCUT2D eigenvalue weighted by atomic mass is 9.88. The number of aromatic nitrogens is 2. The van der Waals surface area contributed by atoms with Crippen LogP contribution >= 0.6 is 0 Å². The predicted molar refractivity (Wildman–Crippen MR) is 91.8 cm³/mol. The molecule has 7 nitrogen and oxygen atoms in total. The van der Waals surface area contributed by atoms with Crippen LogP contribution in [0.25, 0.3) is 5.69 Å². The number of hydrogen-bond acceptors (Lipinski definition) is 4. The van der Waals surface area contributed by atoms with Crippen molar-refractivity contribution in [3.63, 3.8) is 0 Å². The van der Waals surface area contributed by atoms with Crippen molar-refractivity contribution < 1.29 is 9.59 Å². The standard InChI is InChI=1S/C17H23N5O2/c1-11(2)17(3,10-18)20-16(24)13-9-14(15(19)23)22(21-13)12-7-5-4-6-8-12/h4-9,11H,10,18H2,1-3H3,(H2,19,23)(H,20,24). The molecule has 1 atom stereocenters. The average Bonchev–Trinajstić information content (AvgIpc) is 3.01. The first-order valence-corrected chi connectivity index (χ1v) is 7.76. The predicted octanol–water partition coefficient (Wildman–Crippen LogP) is 1.07. The molecule has 1 aromatic heterocycles. The van der Waals surface area contributed by atoms with E-state index in [0.717, 1.165) is 0 Å². The molecule has 1 heterocycles. The Morgan fingerprint density at radius 3 is 2.42 bits per heavy atom. The number of nitrogens with one attached hydrogen (secondary N) is 1. The van der Waals surface area contributed by atoms with Gasteiger partial charge in [-0.2, -0.15) is 5.10 Å². The smallest absolute Gasteiger partial charge is 0.272 e. The first-order valence-electron chi connectivity index (χ1n) is 7.76. The van der Waals surface area contributed by atoms with E-state index in [-0.39, 0.29) is 17.3 Å². The highest BCUT2D eigenvalue weighted by molar-refractivity contribution is 5.98. The number of nitrogens with zero attached hydrogens (tertiary/aromatic N) is 2. The fraction of sp³-hybridized carbons (Fsp3) is 0.353. The van der Waals surface area contributed by atoms with Crippen LogP contribution in [0, 0.1) is 5.92 Å². The van der Waals surface area contributed by atoms with E-state index in [4.69, 9.17) is 11.5 Å². The van der Waals surface area contributed by atoms with Gasteiger partial charge in [0.1, 0.15) is 5.69 Å². The number of rotatable bonds is 6. The van der Waals surface area contributed by atoms with Gasteiger partial charge in [0.25, 0.3) is 11.8 Å². The van der Waals surface area contributed by atoms with E-state index < -0.39 is 17.4 Å². The molecule has 0 aliphatic heterocycles. The van der Waals surface area contributed by atoms with E-state index >= 15 is 0 Å². The van der Waals surface area contributed by atoms with Gasteiger partial charge in [-0.1, -0.05) is 32.0 Å². The van der Waals surface area contributed by atoms with E-state index in [1.54, 1.807) is 12.1 Å². The molecule has 24 heavy (non-hydrogen) atoms. The number of hydrogen-bond donors (Lipinski definition) is 3. The summed E-state index contributed by atoms with van der Waals surface area (Å²) in [5.41, 5.74) is 11.6. The third kappa shape index (κ3) is 3.46. The van der Waals surface area contributed by atoms with Crippen LogP contribution in [0.2, 0.25) is 0 Å². The van der Waals surface area contributed by atoms with Crippen molar-refractivity contribution in [3.05, 3.63) is 47.8 Å². The summed E-state index contributed by atoms with van der Waals surface area (Å²) in [6, 6.07) is 10.4. The Kier molecular flexibility index (Phi) is 5.04. The van der Waals surface area contributed by atoms with E-state index in [0.29, 0.717) is 12.2 Å². The van der Waals surface area contributed by atoms with Gasteiger partial charge in [0, 0.05) is 12.6 Å². The van der Waals surface area contributed by atoms with Crippen LogP contribution < -0.4 is 16.8 Å². The third-order valence-corrected chi connectivity index (χ3v) is 4.29. The highest BCUT2D eigenvalue weighted by atomic mass is 16.2. The average molecular weight is 329 g/mol.